The molecule has 25 heavy (non-hydrogen) atoms. The summed E-state index contributed by atoms with van der Waals surface area (Å²) in [5.74, 6) is 0.556. The summed E-state index contributed by atoms with van der Waals surface area (Å²) in [5.41, 5.74) is 0.557. The number of rotatable bonds is 6. The molecule has 5 nitrogen and oxygen atoms in total. The number of carbonyl (C=O) groups excluding carboxylic acids is 2. The molecular weight excluding hydrogens is 361 g/mol. The molecule has 1 aliphatic rings. The van der Waals surface area contributed by atoms with Gasteiger partial charge in [-0.3, -0.25) is 9.59 Å². The summed E-state index contributed by atoms with van der Waals surface area (Å²) in [6, 6.07) is 4.88. The van der Waals surface area contributed by atoms with Crippen LogP contribution >= 0.6 is 23.2 Å². The zero-order valence-electron chi connectivity index (χ0n) is 14.6. The maximum Gasteiger partial charge on any atom is 0.243 e. The van der Waals surface area contributed by atoms with E-state index in [1.807, 2.05) is 0 Å². The first-order valence-corrected chi connectivity index (χ1v) is 9.32. The van der Waals surface area contributed by atoms with Crippen LogP contribution in [0.2, 0.25) is 10.0 Å². The Bertz CT molecular complexity index is 618. The molecule has 0 spiro atoms. The van der Waals surface area contributed by atoms with E-state index in [1.165, 1.54) is 4.90 Å². The second kappa shape index (κ2) is 9.41. The molecule has 2 amide bonds. The lowest BCUT2D eigenvalue weighted by Gasteiger charge is -2.29. The fourth-order valence-corrected chi connectivity index (χ4v) is 3.34. The fourth-order valence-electron chi connectivity index (χ4n) is 3.04. The number of halogens is 2. The fraction of sp³-hybridized carbons (Fsp3) is 0.556. The smallest absolute Gasteiger partial charge is 0.243 e. The Morgan fingerprint density at radius 3 is 2.76 bits per heavy atom. The van der Waals surface area contributed by atoms with Crippen molar-refractivity contribution in [3.8, 4) is 0 Å². The first-order valence-electron chi connectivity index (χ1n) is 8.56. The molecule has 1 saturated heterocycles. The van der Waals surface area contributed by atoms with E-state index in [9.17, 15) is 9.59 Å². The van der Waals surface area contributed by atoms with Crippen molar-refractivity contribution < 1.29 is 9.59 Å². The Labute approximate surface area is 159 Å². The van der Waals surface area contributed by atoms with Gasteiger partial charge in [-0.2, -0.15) is 0 Å². The van der Waals surface area contributed by atoms with Gasteiger partial charge in [0.15, 0.2) is 0 Å². The third kappa shape index (κ3) is 6.17. The maximum absolute atomic E-state index is 12.4. The van der Waals surface area contributed by atoms with Crippen LogP contribution in [0.3, 0.4) is 0 Å². The topological polar surface area (TPSA) is 61.4 Å². The van der Waals surface area contributed by atoms with Crippen molar-refractivity contribution in [2.24, 2.45) is 11.8 Å². The molecule has 0 radical (unpaired) electrons. The van der Waals surface area contributed by atoms with Crippen LogP contribution in [0, 0.1) is 11.8 Å². The SMILES string of the molecule is CC(CC(=O)N(C)CC(=O)Nc1ccc(Cl)c(Cl)c1)C1CCCNC1. The highest BCUT2D eigenvalue weighted by Gasteiger charge is 2.24. The summed E-state index contributed by atoms with van der Waals surface area (Å²) >= 11 is 11.8. The van der Waals surface area contributed by atoms with Gasteiger partial charge in [0.1, 0.15) is 0 Å². The standard InChI is InChI=1S/C18H25Cl2N3O2/c1-12(13-4-3-7-21-10-13)8-18(25)23(2)11-17(24)22-14-5-6-15(19)16(20)9-14/h5-6,9,12-13,21H,3-4,7-8,10-11H2,1-2H3,(H,22,24). The molecule has 0 aliphatic carbocycles. The molecule has 0 aromatic heterocycles. The summed E-state index contributed by atoms with van der Waals surface area (Å²) in [6.07, 6.45) is 2.77. The summed E-state index contributed by atoms with van der Waals surface area (Å²) in [7, 11) is 1.66. The molecule has 2 unspecified atom stereocenters. The Kier molecular flexibility index (Phi) is 7.54. The normalized spacial score (nSPS) is 18.5. The Morgan fingerprint density at radius 2 is 2.12 bits per heavy atom. The predicted molar refractivity (Wildman–Crippen MR) is 102 cm³/mol. The van der Waals surface area contributed by atoms with Crippen molar-refractivity contribution in [2.75, 3.05) is 32.0 Å². The van der Waals surface area contributed by atoms with Crippen LogP contribution in [0.25, 0.3) is 0 Å². The van der Waals surface area contributed by atoms with Crippen molar-refractivity contribution >= 4 is 40.7 Å². The summed E-state index contributed by atoms with van der Waals surface area (Å²) in [6.45, 7) is 4.15. The molecule has 2 N–H and O–H groups in total. The molecule has 2 atom stereocenters. The zero-order valence-corrected chi connectivity index (χ0v) is 16.2. The van der Waals surface area contributed by atoms with Crippen LogP contribution in [0.5, 0.6) is 0 Å². The van der Waals surface area contributed by atoms with E-state index in [0.717, 1.165) is 25.9 Å². The summed E-state index contributed by atoms with van der Waals surface area (Å²) in [4.78, 5) is 26.0. The van der Waals surface area contributed by atoms with E-state index in [0.29, 0.717) is 34.0 Å². The number of anilines is 1. The number of carbonyl (C=O) groups is 2. The largest absolute Gasteiger partial charge is 0.336 e. The lowest BCUT2D eigenvalue weighted by molar-refractivity contribution is -0.134. The van der Waals surface area contributed by atoms with Gasteiger partial charge in [-0.1, -0.05) is 30.1 Å². The van der Waals surface area contributed by atoms with Gasteiger partial charge in [0, 0.05) is 19.2 Å². The van der Waals surface area contributed by atoms with E-state index in [-0.39, 0.29) is 18.4 Å². The Balaban J connectivity index is 1.80. The van der Waals surface area contributed by atoms with E-state index < -0.39 is 0 Å². The number of amides is 2. The van der Waals surface area contributed by atoms with Gasteiger partial charge >= 0.3 is 0 Å². The molecule has 7 heteroatoms. The quantitative estimate of drug-likeness (QED) is 0.788. The molecule has 1 fully saturated rings. The first kappa shape index (κ1) is 20.0. The summed E-state index contributed by atoms with van der Waals surface area (Å²) < 4.78 is 0. The maximum atomic E-state index is 12.4. The number of likely N-dealkylation sites (N-methyl/N-ethyl adjacent to an activating group) is 1. The molecule has 1 aromatic rings. The zero-order chi connectivity index (χ0) is 18.4. The van der Waals surface area contributed by atoms with Crippen molar-refractivity contribution in [3.63, 3.8) is 0 Å². The van der Waals surface area contributed by atoms with Crippen molar-refractivity contribution in [3.05, 3.63) is 28.2 Å². The van der Waals surface area contributed by atoms with Crippen molar-refractivity contribution in [1.29, 1.82) is 0 Å². The highest BCUT2D eigenvalue weighted by atomic mass is 35.5. The number of hydrogen-bond donors (Lipinski definition) is 2. The highest BCUT2D eigenvalue weighted by Crippen LogP contribution is 2.25. The summed E-state index contributed by atoms with van der Waals surface area (Å²) in [5, 5.41) is 6.91. The van der Waals surface area contributed by atoms with Crippen LogP contribution in [-0.4, -0.2) is 43.4 Å². The van der Waals surface area contributed by atoms with Gasteiger partial charge in [0.25, 0.3) is 0 Å². The van der Waals surface area contributed by atoms with Gasteiger partial charge in [-0.25, -0.2) is 0 Å². The van der Waals surface area contributed by atoms with E-state index in [1.54, 1.807) is 25.2 Å². The lowest BCUT2D eigenvalue weighted by atomic mass is 9.85. The minimum absolute atomic E-state index is 0.00865. The molecule has 2 rings (SSSR count). The van der Waals surface area contributed by atoms with Crippen molar-refractivity contribution in [2.45, 2.75) is 26.2 Å². The third-order valence-electron chi connectivity index (χ3n) is 4.65. The number of nitrogens with zero attached hydrogens (tertiary/aromatic N) is 1. The monoisotopic (exact) mass is 385 g/mol. The van der Waals surface area contributed by atoms with Crippen LogP contribution in [0.1, 0.15) is 26.2 Å². The number of nitrogens with one attached hydrogen (secondary N) is 2. The molecule has 0 saturated carbocycles. The molecule has 1 aliphatic heterocycles. The lowest BCUT2D eigenvalue weighted by Crippen LogP contribution is -2.38. The average Bonchev–Trinajstić information content (AvgIpc) is 2.58. The molecule has 0 bridgehead atoms. The van der Waals surface area contributed by atoms with Crippen LogP contribution in [-0.2, 0) is 9.59 Å². The van der Waals surface area contributed by atoms with E-state index in [2.05, 4.69) is 17.6 Å². The van der Waals surface area contributed by atoms with Gasteiger partial charge in [0.05, 0.1) is 16.6 Å². The van der Waals surface area contributed by atoms with E-state index >= 15 is 0 Å². The minimum atomic E-state index is -0.263. The molecule has 138 valence electrons. The second-order valence-electron chi connectivity index (χ2n) is 6.71. The highest BCUT2D eigenvalue weighted by molar-refractivity contribution is 6.42. The molecule has 1 heterocycles. The van der Waals surface area contributed by atoms with Crippen molar-refractivity contribution in [1.82, 2.24) is 10.2 Å². The van der Waals surface area contributed by atoms with Gasteiger partial charge in [0.2, 0.25) is 11.8 Å². The minimum Gasteiger partial charge on any atom is -0.336 e. The molecular formula is C18H25Cl2N3O2. The second-order valence-corrected chi connectivity index (χ2v) is 7.53. The van der Waals surface area contributed by atoms with E-state index in [4.69, 9.17) is 23.2 Å². The van der Waals surface area contributed by atoms with Gasteiger partial charge in [-0.05, 0) is 56.0 Å². The first-order chi connectivity index (χ1) is 11.9. The van der Waals surface area contributed by atoms with Gasteiger partial charge in [-0.15, -0.1) is 0 Å². The average molecular weight is 386 g/mol. The number of hydrogen-bond acceptors (Lipinski definition) is 3. The number of benzene rings is 1. The Hall–Kier alpha value is -1.30. The number of piperidine rings is 1. The Morgan fingerprint density at radius 1 is 1.36 bits per heavy atom. The van der Waals surface area contributed by atoms with Crippen LogP contribution < -0.4 is 10.6 Å². The molecule has 1 aromatic carbocycles. The van der Waals surface area contributed by atoms with Crippen LogP contribution in [0.15, 0.2) is 18.2 Å². The van der Waals surface area contributed by atoms with Gasteiger partial charge < -0.3 is 15.5 Å². The van der Waals surface area contributed by atoms with Crippen LogP contribution in [0.4, 0.5) is 5.69 Å². The predicted octanol–water partition coefficient (Wildman–Crippen LogP) is 3.42. The third-order valence-corrected chi connectivity index (χ3v) is 5.39.